The number of methoxy groups -OCH3 is 1. The van der Waals surface area contributed by atoms with Gasteiger partial charge in [0, 0.05) is 0 Å². The lowest BCUT2D eigenvalue weighted by molar-refractivity contribution is 0.417. The molecule has 4 rings (SSSR count). The van der Waals surface area contributed by atoms with Crippen LogP contribution in [0, 0.1) is 0 Å². The maximum atomic E-state index is 12.5. The first kappa shape index (κ1) is 17.4. The summed E-state index contributed by atoms with van der Waals surface area (Å²) in [7, 11) is 1.62. The lowest BCUT2D eigenvalue weighted by Gasteiger charge is -2.07. The summed E-state index contributed by atoms with van der Waals surface area (Å²) in [5.41, 5.74) is 1.22. The Bertz CT molecular complexity index is 1140. The summed E-state index contributed by atoms with van der Waals surface area (Å²) in [4.78, 5) is 12.5. The number of hydrogen-bond donors (Lipinski definition) is 1. The number of ether oxygens (including phenoxy) is 1. The number of fused-ring (bicyclic) bond motifs is 1. The number of nitrogens with one attached hydrogen (secondary N) is 1. The van der Waals surface area contributed by atoms with Gasteiger partial charge in [0.1, 0.15) is 11.3 Å². The van der Waals surface area contributed by atoms with Crippen molar-refractivity contribution in [3.63, 3.8) is 0 Å². The van der Waals surface area contributed by atoms with Crippen molar-refractivity contribution in [1.29, 1.82) is 0 Å². The van der Waals surface area contributed by atoms with E-state index in [1.807, 2.05) is 36.4 Å². The first-order valence-electron chi connectivity index (χ1n) is 7.93. The van der Waals surface area contributed by atoms with Gasteiger partial charge in [-0.05, 0) is 24.3 Å². The van der Waals surface area contributed by atoms with Crippen molar-refractivity contribution in [3.05, 3.63) is 58.9 Å². The van der Waals surface area contributed by atoms with Crippen molar-refractivity contribution in [2.45, 2.75) is 10.2 Å². The number of para-hydroxylation sites is 2. The Morgan fingerprint density at radius 2 is 1.93 bits per heavy atom. The molecule has 0 aliphatic rings. The van der Waals surface area contributed by atoms with Gasteiger partial charge < -0.3 is 10.1 Å². The number of aromatic nitrogens is 5. The van der Waals surface area contributed by atoms with Gasteiger partial charge in [-0.25, -0.2) is 0 Å². The van der Waals surface area contributed by atoms with Gasteiger partial charge in [-0.1, -0.05) is 52.6 Å². The largest absolute Gasteiger partial charge is 0.495 e. The van der Waals surface area contributed by atoms with Crippen LogP contribution in [-0.4, -0.2) is 32.3 Å². The SMILES string of the molecule is COc1ccccc1Nc1nnc(SCn2nnc3ccccc3c2=O)s1. The molecule has 8 nitrogen and oxygen atoms in total. The van der Waals surface area contributed by atoms with Crippen LogP contribution in [0.15, 0.2) is 57.7 Å². The highest BCUT2D eigenvalue weighted by atomic mass is 32.2. The molecule has 2 heterocycles. The van der Waals surface area contributed by atoms with Crippen LogP contribution in [0.25, 0.3) is 10.9 Å². The van der Waals surface area contributed by atoms with Crippen molar-refractivity contribution < 1.29 is 4.74 Å². The van der Waals surface area contributed by atoms with Gasteiger partial charge in [0.2, 0.25) is 5.13 Å². The number of thioether (sulfide) groups is 1. The Morgan fingerprint density at radius 1 is 1.11 bits per heavy atom. The molecule has 10 heteroatoms. The van der Waals surface area contributed by atoms with Crippen LogP contribution in [0.1, 0.15) is 0 Å². The maximum absolute atomic E-state index is 12.5. The molecular formula is C17H14N6O2S2. The number of rotatable bonds is 6. The lowest BCUT2D eigenvalue weighted by atomic mass is 10.2. The number of anilines is 2. The highest BCUT2D eigenvalue weighted by Gasteiger charge is 2.10. The van der Waals surface area contributed by atoms with Crippen LogP contribution in [0.5, 0.6) is 5.75 Å². The van der Waals surface area contributed by atoms with E-state index in [1.54, 1.807) is 19.2 Å². The third kappa shape index (κ3) is 3.76. The molecule has 0 fully saturated rings. The van der Waals surface area contributed by atoms with Crippen molar-refractivity contribution in [1.82, 2.24) is 25.2 Å². The second-order valence-electron chi connectivity index (χ2n) is 5.38. The second-order valence-corrected chi connectivity index (χ2v) is 7.55. The van der Waals surface area contributed by atoms with E-state index in [9.17, 15) is 4.79 Å². The molecule has 27 heavy (non-hydrogen) atoms. The lowest BCUT2D eigenvalue weighted by Crippen LogP contribution is -2.23. The predicted molar refractivity (Wildman–Crippen MR) is 106 cm³/mol. The van der Waals surface area contributed by atoms with Crippen LogP contribution >= 0.6 is 23.1 Å². The fourth-order valence-electron chi connectivity index (χ4n) is 2.41. The molecule has 0 spiro atoms. The summed E-state index contributed by atoms with van der Waals surface area (Å²) in [6, 6.07) is 14.7. The molecule has 0 aliphatic heterocycles. The van der Waals surface area contributed by atoms with Crippen molar-refractivity contribution in [3.8, 4) is 5.75 Å². The van der Waals surface area contributed by atoms with Gasteiger partial charge in [0.05, 0.1) is 24.1 Å². The normalized spacial score (nSPS) is 10.9. The Kier molecular flexibility index (Phi) is 4.99. The molecular weight excluding hydrogens is 384 g/mol. The van der Waals surface area contributed by atoms with E-state index in [0.717, 1.165) is 11.4 Å². The minimum Gasteiger partial charge on any atom is -0.495 e. The Morgan fingerprint density at radius 3 is 2.81 bits per heavy atom. The molecule has 0 aliphatic carbocycles. The third-order valence-electron chi connectivity index (χ3n) is 3.69. The molecule has 0 saturated heterocycles. The van der Waals surface area contributed by atoms with Crippen LogP contribution < -0.4 is 15.6 Å². The molecule has 0 amide bonds. The van der Waals surface area contributed by atoms with Gasteiger partial charge in [-0.3, -0.25) is 4.79 Å². The van der Waals surface area contributed by atoms with Crippen molar-refractivity contribution >= 4 is 44.8 Å². The standard InChI is InChI=1S/C17H14N6O2S2/c1-25-14-9-5-4-8-13(14)18-16-20-21-17(27-16)26-10-23-15(24)11-6-2-3-7-12(11)19-22-23/h2-9H,10H2,1H3,(H,18,20). The summed E-state index contributed by atoms with van der Waals surface area (Å²) in [5.74, 6) is 1.03. The molecule has 4 aromatic rings. The van der Waals surface area contributed by atoms with Gasteiger partial charge in [0.25, 0.3) is 5.56 Å². The third-order valence-corrected chi connectivity index (χ3v) is 5.63. The zero-order valence-corrected chi connectivity index (χ0v) is 15.8. The molecule has 0 atom stereocenters. The average Bonchev–Trinajstić information content (AvgIpc) is 3.15. The van der Waals surface area contributed by atoms with Crippen LogP contribution in [0.3, 0.4) is 0 Å². The smallest absolute Gasteiger partial charge is 0.278 e. The van der Waals surface area contributed by atoms with E-state index in [0.29, 0.717) is 26.3 Å². The summed E-state index contributed by atoms with van der Waals surface area (Å²) in [6.07, 6.45) is 0. The zero-order valence-electron chi connectivity index (χ0n) is 14.2. The van der Waals surface area contributed by atoms with E-state index in [-0.39, 0.29) is 5.56 Å². The molecule has 0 unspecified atom stereocenters. The van der Waals surface area contributed by atoms with Crippen molar-refractivity contribution in [2.75, 3.05) is 12.4 Å². The van der Waals surface area contributed by atoms with E-state index >= 15 is 0 Å². The molecule has 136 valence electrons. The first-order chi connectivity index (χ1) is 13.2. The molecule has 0 radical (unpaired) electrons. The topological polar surface area (TPSA) is 94.8 Å². The quantitative estimate of drug-likeness (QED) is 0.495. The van der Waals surface area contributed by atoms with Gasteiger partial charge in [-0.15, -0.1) is 15.3 Å². The minimum atomic E-state index is -0.176. The fourth-order valence-corrected chi connectivity index (χ4v) is 4.03. The maximum Gasteiger partial charge on any atom is 0.278 e. The van der Waals surface area contributed by atoms with E-state index in [2.05, 4.69) is 25.8 Å². The highest BCUT2D eigenvalue weighted by molar-refractivity contribution is 8.00. The fraction of sp³-hybridized carbons (Fsp3) is 0.118. The van der Waals surface area contributed by atoms with Crippen LogP contribution in [0.4, 0.5) is 10.8 Å². The predicted octanol–water partition coefficient (Wildman–Crippen LogP) is 3.15. The Labute approximate surface area is 162 Å². The first-order valence-corrected chi connectivity index (χ1v) is 9.73. The van der Waals surface area contributed by atoms with Gasteiger partial charge in [0.15, 0.2) is 4.34 Å². The van der Waals surface area contributed by atoms with Crippen LogP contribution in [-0.2, 0) is 5.88 Å². The minimum absolute atomic E-state index is 0.176. The zero-order chi connectivity index (χ0) is 18.6. The molecule has 0 saturated carbocycles. The average molecular weight is 398 g/mol. The molecule has 2 aromatic heterocycles. The highest BCUT2D eigenvalue weighted by Crippen LogP contribution is 2.31. The summed E-state index contributed by atoms with van der Waals surface area (Å²) in [6.45, 7) is 0. The molecule has 2 aromatic carbocycles. The monoisotopic (exact) mass is 398 g/mol. The van der Waals surface area contributed by atoms with Crippen molar-refractivity contribution in [2.24, 2.45) is 0 Å². The van der Waals surface area contributed by atoms with Gasteiger partial charge in [-0.2, -0.15) is 4.68 Å². The Hall–Kier alpha value is -2.98. The van der Waals surface area contributed by atoms with E-state index < -0.39 is 0 Å². The Balaban J connectivity index is 1.47. The van der Waals surface area contributed by atoms with Crippen LogP contribution in [0.2, 0.25) is 0 Å². The number of hydrogen-bond acceptors (Lipinski definition) is 9. The van der Waals surface area contributed by atoms with Gasteiger partial charge >= 0.3 is 0 Å². The second kappa shape index (κ2) is 7.72. The number of nitrogens with zero attached hydrogens (tertiary/aromatic N) is 5. The number of benzene rings is 2. The molecule has 0 bridgehead atoms. The summed E-state index contributed by atoms with van der Waals surface area (Å²) in [5, 5.41) is 20.7. The van der Waals surface area contributed by atoms with E-state index in [4.69, 9.17) is 4.74 Å². The summed E-state index contributed by atoms with van der Waals surface area (Å²) >= 11 is 2.76. The van der Waals surface area contributed by atoms with E-state index in [1.165, 1.54) is 27.8 Å². The molecule has 1 N–H and O–H groups in total. The summed E-state index contributed by atoms with van der Waals surface area (Å²) < 4.78 is 7.35.